The molecule has 0 amide bonds. The Bertz CT molecular complexity index is 400. The van der Waals surface area contributed by atoms with Crippen LogP contribution in [0.3, 0.4) is 0 Å². The Hall–Kier alpha value is -1.20. The van der Waals surface area contributed by atoms with Gasteiger partial charge in [0.2, 0.25) is 0 Å². The molecule has 0 bridgehead atoms. The number of esters is 1. The molecule has 0 spiro atoms. The van der Waals surface area contributed by atoms with Crippen molar-refractivity contribution < 1.29 is 18.3 Å². The Labute approximate surface area is 90.5 Å². The van der Waals surface area contributed by atoms with E-state index in [-0.39, 0.29) is 11.5 Å². The highest BCUT2D eigenvalue weighted by Crippen LogP contribution is 2.15. The van der Waals surface area contributed by atoms with E-state index in [1.807, 2.05) is 0 Å². The van der Waals surface area contributed by atoms with Gasteiger partial charge in [-0.25, -0.2) is 9.00 Å². The predicted molar refractivity (Wildman–Crippen MR) is 56.2 cm³/mol. The van der Waals surface area contributed by atoms with E-state index < -0.39 is 17.0 Å². The predicted octanol–water partition coefficient (Wildman–Crippen LogP) is 1.75. The van der Waals surface area contributed by atoms with Gasteiger partial charge in [0, 0.05) is 0 Å². The minimum Gasteiger partial charge on any atom is -0.462 e. The maximum absolute atomic E-state index is 11.3. The number of carbonyl (C=O) groups excluding carboxylic acids is 1. The maximum Gasteiger partial charge on any atom is 0.338 e. The Kier molecular flexibility index (Phi) is 3.99. The molecule has 1 rings (SSSR count). The molecule has 0 heterocycles. The van der Waals surface area contributed by atoms with E-state index in [4.69, 9.17) is 9.29 Å². The van der Waals surface area contributed by atoms with Crippen molar-refractivity contribution in [3.05, 3.63) is 29.3 Å². The monoisotopic (exact) mass is 228 g/mol. The Balaban J connectivity index is 3.07. The van der Waals surface area contributed by atoms with Crippen LogP contribution in [0.5, 0.6) is 0 Å². The second-order valence-corrected chi connectivity index (χ2v) is 3.89. The minimum atomic E-state index is -2.08. The first-order valence-electron chi connectivity index (χ1n) is 4.45. The van der Waals surface area contributed by atoms with Crippen molar-refractivity contribution in [3.8, 4) is 0 Å². The summed E-state index contributed by atoms with van der Waals surface area (Å²) < 4.78 is 24.7. The van der Waals surface area contributed by atoms with Gasteiger partial charge in [0.1, 0.15) is 0 Å². The van der Waals surface area contributed by atoms with Crippen molar-refractivity contribution in [3.63, 3.8) is 0 Å². The summed E-state index contributed by atoms with van der Waals surface area (Å²) in [4.78, 5) is 11.6. The van der Waals surface area contributed by atoms with Crippen LogP contribution in [0.4, 0.5) is 0 Å². The molecule has 1 N–H and O–H groups in total. The molecule has 0 aliphatic carbocycles. The first-order valence-corrected chi connectivity index (χ1v) is 5.55. The van der Waals surface area contributed by atoms with E-state index >= 15 is 0 Å². The van der Waals surface area contributed by atoms with Crippen molar-refractivity contribution in [1.82, 2.24) is 0 Å². The molecule has 0 aliphatic rings. The molecule has 0 aliphatic heterocycles. The van der Waals surface area contributed by atoms with Gasteiger partial charge in [0.25, 0.3) is 0 Å². The number of hydrogen-bond donors (Lipinski definition) is 1. The van der Waals surface area contributed by atoms with Crippen LogP contribution in [-0.2, 0) is 15.8 Å². The molecule has 1 unspecified atom stereocenters. The summed E-state index contributed by atoms with van der Waals surface area (Å²) in [5.41, 5.74) is 0.962. The highest BCUT2D eigenvalue weighted by molar-refractivity contribution is 7.79. The lowest BCUT2D eigenvalue weighted by molar-refractivity contribution is 0.0526. The Morgan fingerprint density at radius 1 is 1.53 bits per heavy atom. The molecule has 1 atom stereocenters. The van der Waals surface area contributed by atoms with Crippen LogP contribution in [0.15, 0.2) is 23.1 Å². The second-order valence-electron chi connectivity index (χ2n) is 2.95. The third-order valence-electron chi connectivity index (χ3n) is 1.89. The van der Waals surface area contributed by atoms with Gasteiger partial charge in [-0.15, -0.1) is 0 Å². The molecule has 0 aromatic heterocycles. The van der Waals surface area contributed by atoms with Crippen LogP contribution in [0, 0.1) is 6.92 Å². The van der Waals surface area contributed by atoms with Crippen LogP contribution in [0.2, 0.25) is 0 Å². The van der Waals surface area contributed by atoms with E-state index in [1.165, 1.54) is 6.07 Å². The van der Waals surface area contributed by atoms with E-state index in [1.54, 1.807) is 26.0 Å². The molecule has 0 saturated heterocycles. The average Bonchev–Trinajstić information content (AvgIpc) is 2.18. The van der Waals surface area contributed by atoms with Gasteiger partial charge in [-0.05, 0) is 31.5 Å². The molecule has 15 heavy (non-hydrogen) atoms. The van der Waals surface area contributed by atoms with E-state index in [2.05, 4.69) is 0 Å². The van der Waals surface area contributed by atoms with Crippen LogP contribution in [-0.4, -0.2) is 21.3 Å². The van der Waals surface area contributed by atoms with Crippen molar-refractivity contribution in [2.45, 2.75) is 18.7 Å². The molecule has 0 fully saturated rings. The topological polar surface area (TPSA) is 63.6 Å². The molecule has 4 nitrogen and oxygen atoms in total. The Morgan fingerprint density at radius 3 is 2.73 bits per heavy atom. The zero-order chi connectivity index (χ0) is 11.4. The lowest BCUT2D eigenvalue weighted by atomic mass is 10.1. The van der Waals surface area contributed by atoms with Crippen LogP contribution < -0.4 is 0 Å². The fourth-order valence-electron chi connectivity index (χ4n) is 1.13. The van der Waals surface area contributed by atoms with Gasteiger partial charge in [-0.1, -0.05) is 6.07 Å². The van der Waals surface area contributed by atoms with Gasteiger partial charge in [-0.3, -0.25) is 0 Å². The third-order valence-corrected chi connectivity index (χ3v) is 2.70. The number of carbonyl (C=O) groups is 1. The fraction of sp³-hybridized carbons (Fsp3) is 0.300. The van der Waals surface area contributed by atoms with E-state index in [9.17, 15) is 9.00 Å². The normalized spacial score (nSPS) is 12.2. The number of aryl methyl sites for hydroxylation is 1. The summed E-state index contributed by atoms with van der Waals surface area (Å²) in [5.74, 6) is -0.482. The molecule has 82 valence electrons. The van der Waals surface area contributed by atoms with Gasteiger partial charge < -0.3 is 9.29 Å². The third kappa shape index (κ3) is 2.87. The lowest BCUT2D eigenvalue weighted by Crippen LogP contribution is -2.06. The molecular weight excluding hydrogens is 216 g/mol. The number of ether oxygens (including phenoxy) is 1. The van der Waals surface area contributed by atoms with Crippen molar-refractivity contribution in [2.24, 2.45) is 0 Å². The Morgan fingerprint density at radius 2 is 2.20 bits per heavy atom. The molecule has 5 heteroatoms. The number of rotatable bonds is 3. The van der Waals surface area contributed by atoms with Gasteiger partial charge in [0.15, 0.2) is 11.1 Å². The van der Waals surface area contributed by atoms with Gasteiger partial charge in [0.05, 0.1) is 17.1 Å². The molecule has 1 aromatic rings. The number of benzene rings is 1. The standard InChI is InChI=1S/C10H12O4S/c1-3-14-10(11)8-5-4-7(2)9(6-8)15(12)13/h4-6H,3H2,1-2H3,(H,12,13). The average molecular weight is 228 g/mol. The summed E-state index contributed by atoms with van der Waals surface area (Å²) in [6.45, 7) is 3.69. The summed E-state index contributed by atoms with van der Waals surface area (Å²) in [5, 5.41) is 0. The molecule has 0 radical (unpaired) electrons. The SMILES string of the molecule is CCOC(=O)c1ccc(C)c(S(=O)O)c1. The zero-order valence-corrected chi connectivity index (χ0v) is 9.34. The lowest BCUT2D eigenvalue weighted by Gasteiger charge is -2.05. The largest absolute Gasteiger partial charge is 0.462 e. The quantitative estimate of drug-likeness (QED) is 0.632. The first-order chi connectivity index (χ1) is 7.06. The second kappa shape index (κ2) is 5.04. The smallest absolute Gasteiger partial charge is 0.338 e. The molecule has 0 saturated carbocycles. The molecular formula is C10H12O4S. The summed E-state index contributed by atoms with van der Waals surface area (Å²) >= 11 is -2.08. The number of hydrogen-bond acceptors (Lipinski definition) is 3. The van der Waals surface area contributed by atoms with Crippen molar-refractivity contribution in [2.75, 3.05) is 6.61 Å². The summed E-state index contributed by atoms with van der Waals surface area (Å²) in [6.07, 6.45) is 0. The van der Waals surface area contributed by atoms with Crippen LogP contribution >= 0.6 is 0 Å². The van der Waals surface area contributed by atoms with Crippen LogP contribution in [0.25, 0.3) is 0 Å². The van der Waals surface area contributed by atoms with E-state index in [0.29, 0.717) is 11.1 Å². The van der Waals surface area contributed by atoms with Crippen LogP contribution in [0.1, 0.15) is 22.8 Å². The highest BCUT2D eigenvalue weighted by atomic mass is 32.2. The first kappa shape index (κ1) is 11.9. The van der Waals surface area contributed by atoms with Crippen molar-refractivity contribution >= 4 is 17.0 Å². The summed E-state index contributed by atoms with van der Waals surface area (Å²) in [7, 11) is 0. The zero-order valence-electron chi connectivity index (χ0n) is 8.52. The molecule has 1 aromatic carbocycles. The van der Waals surface area contributed by atoms with Gasteiger partial charge in [-0.2, -0.15) is 0 Å². The minimum absolute atomic E-state index is 0.237. The van der Waals surface area contributed by atoms with Crippen molar-refractivity contribution in [1.29, 1.82) is 0 Å². The maximum atomic E-state index is 11.3. The van der Waals surface area contributed by atoms with Gasteiger partial charge >= 0.3 is 5.97 Å². The van der Waals surface area contributed by atoms with E-state index in [0.717, 1.165) is 0 Å². The fourth-order valence-corrected chi connectivity index (χ4v) is 1.70. The highest BCUT2D eigenvalue weighted by Gasteiger charge is 2.11. The summed E-state index contributed by atoms with van der Waals surface area (Å²) in [6, 6.07) is 4.57.